The van der Waals surface area contributed by atoms with Crippen LogP contribution >= 0.6 is 0 Å². The zero-order valence-corrected chi connectivity index (χ0v) is 13.8. The monoisotopic (exact) mass is 316 g/mol. The molecule has 0 aromatic heterocycles. The van der Waals surface area contributed by atoms with Crippen molar-refractivity contribution >= 4 is 10.0 Å². The van der Waals surface area contributed by atoms with Crippen LogP contribution in [0.25, 0.3) is 0 Å². The van der Waals surface area contributed by atoms with Crippen molar-refractivity contribution in [2.75, 3.05) is 13.1 Å². The van der Waals surface area contributed by atoms with Gasteiger partial charge in [0.15, 0.2) is 0 Å². The molecule has 2 N–H and O–H groups in total. The van der Waals surface area contributed by atoms with Gasteiger partial charge in [-0.3, -0.25) is 0 Å². The first kappa shape index (κ1) is 18.1. The summed E-state index contributed by atoms with van der Waals surface area (Å²) in [6, 6.07) is 4.06. The Bertz CT molecular complexity index is 557. The molecule has 0 unspecified atom stereocenters. The van der Waals surface area contributed by atoms with Crippen LogP contribution in [0.4, 0.5) is 4.39 Å². The number of benzene rings is 1. The molecular weight excluding hydrogens is 291 g/mol. The summed E-state index contributed by atoms with van der Waals surface area (Å²) in [4.78, 5) is -0.271. The fourth-order valence-electron chi connectivity index (χ4n) is 2.25. The van der Waals surface area contributed by atoms with Crippen LogP contribution in [0.1, 0.15) is 39.2 Å². The van der Waals surface area contributed by atoms with Crippen LogP contribution in [-0.4, -0.2) is 25.8 Å². The number of sulfonamides is 1. The first-order chi connectivity index (χ1) is 9.90. The normalized spacial score (nSPS) is 12.3. The summed E-state index contributed by atoms with van der Waals surface area (Å²) < 4.78 is 40.6. The van der Waals surface area contributed by atoms with Gasteiger partial charge in [-0.1, -0.05) is 39.7 Å². The maximum atomic E-state index is 14.1. The topological polar surface area (TPSA) is 63.4 Å². The highest BCUT2D eigenvalue weighted by Crippen LogP contribution is 2.22. The highest BCUT2D eigenvalue weighted by Gasteiger charge is 2.27. The van der Waals surface area contributed by atoms with Gasteiger partial charge in [-0.2, -0.15) is 4.31 Å². The zero-order valence-electron chi connectivity index (χ0n) is 13.0. The Labute approximate surface area is 127 Å². The fraction of sp³-hybridized carbons (Fsp3) is 0.600. The molecule has 0 saturated heterocycles. The molecule has 0 aliphatic rings. The van der Waals surface area contributed by atoms with Crippen molar-refractivity contribution in [2.45, 2.75) is 45.1 Å². The second-order valence-electron chi connectivity index (χ2n) is 5.11. The van der Waals surface area contributed by atoms with Crippen molar-refractivity contribution in [2.24, 2.45) is 11.7 Å². The third-order valence-corrected chi connectivity index (χ3v) is 5.79. The molecule has 0 aliphatic heterocycles. The van der Waals surface area contributed by atoms with E-state index >= 15 is 0 Å². The summed E-state index contributed by atoms with van der Waals surface area (Å²) in [5.41, 5.74) is 6.02. The number of rotatable bonds is 8. The molecule has 4 nitrogen and oxygen atoms in total. The average molecular weight is 316 g/mol. The summed E-state index contributed by atoms with van der Waals surface area (Å²) in [7, 11) is -3.80. The largest absolute Gasteiger partial charge is 0.326 e. The van der Waals surface area contributed by atoms with Gasteiger partial charge >= 0.3 is 0 Å². The maximum absolute atomic E-state index is 14.1. The molecule has 0 atom stereocenters. The van der Waals surface area contributed by atoms with Crippen LogP contribution in [0.3, 0.4) is 0 Å². The molecule has 120 valence electrons. The molecule has 0 aliphatic carbocycles. The molecule has 0 saturated carbocycles. The minimum atomic E-state index is -3.80. The average Bonchev–Trinajstić information content (AvgIpc) is 2.47. The number of nitrogens with zero attached hydrogens (tertiary/aromatic N) is 1. The minimum Gasteiger partial charge on any atom is -0.326 e. The van der Waals surface area contributed by atoms with Crippen LogP contribution in [0, 0.1) is 11.7 Å². The van der Waals surface area contributed by atoms with Gasteiger partial charge in [-0.25, -0.2) is 12.8 Å². The van der Waals surface area contributed by atoms with E-state index in [9.17, 15) is 12.8 Å². The molecule has 1 rings (SSSR count). The maximum Gasteiger partial charge on any atom is 0.245 e. The highest BCUT2D eigenvalue weighted by molar-refractivity contribution is 7.89. The predicted octanol–water partition coefficient (Wildman–Crippen LogP) is 2.73. The summed E-state index contributed by atoms with van der Waals surface area (Å²) >= 11 is 0. The smallest absolute Gasteiger partial charge is 0.245 e. The van der Waals surface area contributed by atoms with Crippen molar-refractivity contribution in [3.8, 4) is 0 Å². The molecule has 0 radical (unpaired) electrons. The van der Waals surface area contributed by atoms with Gasteiger partial charge < -0.3 is 5.73 Å². The van der Waals surface area contributed by atoms with Crippen LogP contribution in [0.15, 0.2) is 23.1 Å². The van der Waals surface area contributed by atoms with Crippen molar-refractivity contribution in [3.63, 3.8) is 0 Å². The highest BCUT2D eigenvalue weighted by atomic mass is 32.2. The molecule has 0 bridgehead atoms. The third kappa shape index (κ3) is 4.25. The molecule has 0 fully saturated rings. The minimum absolute atomic E-state index is 0.183. The lowest BCUT2D eigenvalue weighted by atomic mass is 10.0. The van der Waals surface area contributed by atoms with E-state index in [2.05, 4.69) is 0 Å². The van der Waals surface area contributed by atoms with Crippen molar-refractivity contribution < 1.29 is 12.8 Å². The van der Waals surface area contributed by atoms with Crippen molar-refractivity contribution in [3.05, 3.63) is 29.6 Å². The summed E-state index contributed by atoms with van der Waals surface area (Å²) in [6.45, 7) is 6.77. The standard InChI is InChI=1S/C15H25FN2O2S/c1-4-12(5-2)11-18(6-3)21(19,20)15-8-7-13(10-17)9-14(15)16/h7-9,12H,4-6,10-11,17H2,1-3H3. The van der Waals surface area contributed by atoms with E-state index in [1.165, 1.54) is 16.4 Å². The summed E-state index contributed by atoms with van der Waals surface area (Å²) in [5.74, 6) is -0.452. The second-order valence-corrected chi connectivity index (χ2v) is 7.01. The van der Waals surface area contributed by atoms with Crippen LogP contribution in [0.2, 0.25) is 0 Å². The van der Waals surface area contributed by atoms with Gasteiger partial charge in [0, 0.05) is 19.6 Å². The molecule has 0 spiro atoms. The van der Waals surface area contributed by atoms with Gasteiger partial charge in [0.05, 0.1) is 0 Å². The van der Waals surface area contributed by atoms with E-state index in [1.54, 1.807) is 13.0 Å². The lowest BCUT2D eigenvalue weighted by Gasteiger charge is -2.25. The second kappa shape index (κ2) is 7.87. The van der Waals surface area contributed by atoms with Gasteiger partial charge in [0.2, 0.25) is 10.0 Å². The number of hydrogen-bond acceptors (Lipinski definition) is 3. The molecule has 1 aromatic rings. The Morgan fingerprint density at radius 1 is 1.24 bits per heavy atom. The first-order valence-corrected chi connectivity index (χ1v) is 8.83. The van der Waals surface area contributed by atoms with E-state index in [1.807, 2.05) is 13.8 Å². The quantitative estimate of drug-likeness (QED) is 0.802. The van der Waals surface area contributed by atoms with Crippen molar-refractivity contribution in [1.82, 2.24) is 4.31 Å². The Balaban J connectivity index is 3.12. The van der Waals surface area contributed by atoms with Crippen LogP contribution in [-0.2, 0) is 16.6 Å². The fourth-order valence-corrected chi connectivity index (χ4v) is 3.82. The molecule has 21 heavy (non-hydrogen) atoms. The van der Waals surface area contributed by atoms with Crippen LogP contribution < -0.4 is 5.73 Å². The Morgan fingerprint density at radius 3 is 2.29 bits per heavy atom. The van der Waals surface area contributed by atoms with Crippen LogP contribution in [0.5, 0.6) is 0 Å². The van der Waals surface area contributed by atoms with Gasteiger partial charge in [0.1, 0.15) is 10.7 Å². The van der Waals surface area contributed by atoms with Gasteiger partial charge in [-0.15, -0.1) is 0 Å². The predicted molar refractivity (Wildman–Crippen MR) is 82.8 cm³/mol. The van der Waals surface area contributed by atoms with Gasteiger partial charge in [0.25, 0.3) is 0 Å². The SMILES string of the molecule is CCC(CC)CN(CC)S(=O)(=O)c1ccc(CN)cc1F. The molecule has 0 heterocycles. The Kier molecular flexibility index (Phi) is 6.77. The van der Waals surface area contributed by atoms with E-state index in [0.717, 1.165) is 12.8 Å². The molecule has 0 amide bonds. The molecule has 6 heteroatoms. The first-order valence-electron chi connectivity index (χ1n) is 7.39. The van der Waals surface area contributed by atoms with Gasteiger partial charge in [-0.05, 0) is 23.6 Å². The lowest BCUT2D eigenvalue weighted by Crippen LogP contribution is -2.35. The Morgan fingerprint density at radius 2 is 1.86 bits per heavy atom. The summed E-state index contributed by atoms with van der Waals surface area (Å²) in [5, 5.41) is 0. The van der Waals surface area contributed by atoms with E-state index < -0.39 is 15.8 Å². The molecule has 1 aromatic carbocycles. The van der Waals surface area contributed by atoms with E-state index in [4.69, 9.17) is 5.73 Å². The lowest BCUT2D eigenvalue weighted by molar-refractivity contribution is 0.338. The third-order valence-electron chi connectivity index (χ3n) is 3.82. The zero-order chi connectivity index (χ0) is 16.0. The number of halogens is 1. The van der Waals surface area contributed by atoms with E-state index in [0.29, 0.717) is 18.7 Å². The van der Waals surface area contributed by atoms with Crippen molar-refractivity contribution in [1.29, 1.82) is 0 Å². The molecular formula is C15H25FN2O2S. The van der Waals surface area contributed by atoms with E-state index in [-0.39, 0.29) is 17.4 Å². The Hall–Kier alpha value is -0.980. The number of hydrogen-bond donors (Lipinski definition) is 1. The summed E-state index contributed by atoms with van der Waals surface area (Å²) in [6.07, 6.45) is 1.80. The number of nitrogens with two attached hydrogens (primary N) is 1.